The van der Waals surface area contributed by atoms with E-state index in [9.17, 15) is 0 Å². The van der Waals surface area contributed by atoms with Crippen LogP contribution in [0, 0.1) is 6.92 Å². The molecule has 0 aromatic heterocycles. The first-order valence-corrected chi connectivity index (χ1v) is 8.32. The van der Waals surface area contributed by atoms with Crippen LogP contribution in [0.25, 0.3) is 0 Å². The summed E-state index contributed by atoms with van der Waals surface area (Å²) in [6, 6.07) is 11.9. The Hall–Kier alpha value is -2.20. The van der Waals surface area contributed by atoms with E-state index in [-0.39, 0.29) is 0 Å². The Morgan fingerprint density at radius 2 is 1.96 bits per heavy atom. The van der Waals surface area contributed by atoms with Gasteiger partial charge in [0.05, 0.1) is 24.2 Å². The van der Waals surface area contributed by atoms with Crippen LogP contribution in [0.15, 0.2) is 41.4 Å². The molecule has 2 rings (SSSR count). The van der Waals surface area contributed by atoms with Gasteiger partial charge in [-0.25, -0.2) is 4.99 Å². The zero-order chi connectivity index (χ0) is 17.5. The van der Waals surface area contributed by atoms with Gasteiger partial charge in [0.1, 0.15) is 5.75 Å². The van der Waals surface area contributed by atoms with E-state index < -0.39 is 0 Å². The number of rotatable bonds is 7. The quantitative estimate of drug-likeness (QED) is 0.574. The number of methoxy groups -OCH3 is 1. The molecule has 0 spiro atoms. The molecule has 0 bridgehead atoms. The molecule has 0 saturated heterocycles. The van der Waals surface area contributed by atoms with Gasteiger partial charge >= 0.3 is 0 Å². The predicted molar refractivity (Wildman–Crippen MR) is 103 cm³/mol. The van der Waals surface area contributed by atoms with Crippen molar-refractivity contribution < 1.29 is 4.74 Å². The molecule has 2 aromatic rings. The Bertz CT molecular complexity index is 699. The molecule has 1 N–H and O–H groups in total. The summed E-state index contributed by atoms with van der Waals surface area (Å²) in [6.07, 6.45) is 1.80. The van der Waals surface area contributed by atoms with E-state index in [1.165, 1.54) is 5.56 Å². The Morgan fingerprint density at radius 3 is 2.58 bits per heavy atom. The van der Waals surface area contributed by atoms with Crippen molar-refractivity contribution in [3.8, 4) is 5.75 Å². The fraction of sp³-hybridized carbons (Fsp3) is 0.316. The van der Waals surface area contributed by atoms with Gasteiger partial charge in [-0.15, -0.1) is 0 Å². The molecule has 0 unspecified atom stereocenters. The van der Waals surface area contributed by atoms with Crippen LogP contribution in [0.4, 0.5) is 11.4 Å². The number of nitrogens with one attached hydrogen (secondary N) is 1. The van der Waals surface area contributed by atoms with Crippen LogP contribution < -0.4 is 10.1 Å². The van der Waals surface area contributed by atoms with Crippen LogP contribution in [0.5, 0.6) is 5.75 Å². The summed E-state index contributed by atoms with van der Waals surface area (Å²) in [6.45, 7) is 5.75. The summed E-state index contributed by atoms with van der Waals surface area (Å²) in [5.41, 5.74) is 4.08. The molecular formula is C19H24ClN3O. The van der Waals surface area contributed by atoms with Gasteiger partial charge in [0.25, 0.3) is 0 Å². The average molecular weight is 346 g/mol. The minimum atomic E-state index is 0.638. The second-order valence-corrected chi connectivity index (χ2v) is 6.05. The summed E-state index contributed by atoms with van der Waals surface area (Å²) in [5, 5.41) is 4.06. The number of hydrogen-bond donors (Lipinski definition) is 1. The first-order valence-electron chi connectivity index (χ1n) is 7.95. The van der Waals surface area contributed by atoms with Crippen LogP contribution in [-0.4, -0.2) is 31.9 Å². The van der Waals surface area contributed by atoms with E-state index in [1.54, 1.807) is 13.4 Å². The number of aliphatic imine (C=N–C) groups is 1. The summed E-state index contributed by atoms with van der Waals surface area (Å²) < 4.78 is 5.17. The molecule has 0 aliphatic heterocycles. The third-order valence-corrected chi connectivity index (χ3v) is 4.13. The molecule has 0 aliphatic carbocycles. The molecule has 0 amide bonds. The maximum Gasteiger partial charge on any atom is 0.118 e. The number of anilines is 1. The standard InChI is InChI=1S/C19H24ClN3O/c1-5-23(3)13-22-19-10-14(2)18(11-17(19)20)21-12-15-6-8-16(24-4)9-7-15/h6-11,13,21H,5,12H2,1-4H3/b22-13-. The van der Waals surface area contributed by atoms with Gasteiger partial charge in [0, 0.05) is 25.8 Å². The number of benzene rings is 2. The summed E-state index contributed by atoms with van der Waals surface area (Å²) >= 11 is 6.36. The Kier molecular flexibility index (Phi) is 6.50. The van der Waals surface area contributed by atoms with E-state index in [2.05, 4.69) is 24.2 Å². The lowest BCUT2D eigenvalue weighted by Gasteiger charge is -2.13. The molecule has 0 radical (unpaired) electrons. The van der Waals surface area contributed by atoms with Gasteiger partial charge in [-0.1, -0.05) is 23.7 Å². The lowest BCUT2D eigenvalue weighted by atomic mass is 10.1. The minimum Gasteiger partial charge on any atom is -0.497 e. The van der Waals surface area contributed by atoms with Gasteiger partial charge in [0.2, 0.25) is 0 Å². The minimum absolute atomic E-state index is 0.638. The van der Waals surface area contributed by atoms with Gasteiger partial charge < -0.3 is 15.0 Å². The molecule has 0 saturated carbocycles. The number of ether oxygens (including phenoxy) is 1. The fourth-order valence-corrected chi connectivity index (χ4v) is 2.35. The third-order valence-electron chi connectivity index (χ3n) is 3.83. The zero-order valence-corrected chi connectivity index (χ0v) is 15.4. The first-order chi connectivity index (χ1) is 11.5. The van der Waals surface area contributed by atoms with Gasteiger partial charge in [0.15, 0.2) is 0 Å². The second kappa shape index (κ2) is 8.60. The van der Waals surface area contributed by atoms with Gasteiger partial charge in [-0.05, 0) is 49.2 Å². The Labute approximate surface area is 149 Å². The van der Waals surface area contributed by atoms with Crippen molar-refractivity contribution in [1.82, 2.24) is 4.90 Å². The first kappa shape index (κ1) is 18.1. The second-order valence-electron chi connectivity index (χ2n) is 5.64. The molecule has 128 valence electrons. The highest BCUT2D eigenvalue weighted by molar-refractivity contribution is 6.33. The topological polar surface area (TPSA) is 36.9 Å². The summed E-state index contributed by atoms with van der Waals surface area (Å²) in [7, 11) is 3.65. The summed E-state index contributed by atoms with van der Waals surface area (Å²) in [4.78, 5) is 6.44. The van der Waals surface area contributed by atoms with Gasteiger partial charge in [-0.3, -0.25) is 0 Å². The number of halogens is 1. The molecule has 0 atom stereocenters. The van der Waals surface area contributed by atoms with Crippen LogP contribution in [0.1, 0.15) is 18.1 Å². The third kappa shape index (κ3) is 4.90. The lowest BCUT2D eigenvalue weighted by molar-refractivity contribution is 0.414. The van der Waals surface area contributed by atoms with E-state index in [4.69, 9.17) is 16.3 Å². The molecule has 24 heavy (non-hydrogen) atoms. The highest BCUT2D eigenvalue weighted by Crippen LogP contribution is 2.31. The fourth-order valence-electron chi connectivity index (χ4n) is 2.14. The number of hydrogen-bond acceptors (Lipinski definition) is 3. The van der Waals surface area contributed by atoms with Crippen molar-refractivity contribution in [2.45, 2.75) is 20.4 Å². The lowest BCUT2D eigenvalue weighted by Crippen LogP contribution is -2.14. The SMILES string of the molecule is CCN(C)/C=N\c1cc(C)c(NCc2ccc(OC)cc2)cc1Cl. The van der Waals surface area contributed by atoms with Crippen LogP contribution in [0.3, 0.4) is 0 Å². The number of aryl methyl sites for hydroxylation is 1. The monoisotopic (exact) mass is 345 g/mol. The smallest absolute Gasteiger partial charge is 0.118 e. The van der Waals surface area contributed by atoms with Crippen LogP contribution in [-0.2, 0) is 6.54 Å². The van der Waals surface area contributed by atoms with Crippen molar-refractivity contribution in [2.75, 3.05) is 26.0 Å². The van der Waals surface area contributed by atoms with Crippen molar-refractivity contribution in [2.24, 2.45) is 4.99 Å². The van der Waals surface area contributed by atoms with E-state index in [1.807, 2.05) is 48.3 Å². The normalized spacial score (nSPS) is 10.9. The Morgan fingerprint density at radius 1 is 1.25 bits per heavy atom. The summed E-state index contributed by atoms with van der Waals surface area (Å²) in [5.74, 6) is 0.859. The van der Waals surface area contributed by atoms with Gasteiger partial charge in [-0.2, -0.15) is 0 Å². The highest BCUT2D eigenvalue weighted by atomic mass is 35.5. The van der Waals surface area contributed by atoms with Crippen LogP contribution in [0.2, 0.25) is 5.02 Å². The molecule has 2 aromatic carbocycles. The maximum atomic E-state index is 6.36. The molecule has 0 fully saturated rings. The van der Waals surface area contributed by atoms with E-state index in [0.29, 0.717) is 5.02 Å². The van der Waals surface area contributed by atoms with E-state index >= 15 is 0 Å². The van der Waals surface area contributed by atoms with Crippen molar-refractivity contribution in [3.05, 3.63) is 52.5 Å². The van der Waals surface area contributed by atoms with E-state index in [0.717, 1.165) is 35.8 Å². The average Bonchev–Trinajstić information content (AvgIpc) is 2.61. The highest BCUT2D eigenvalue weighted by Gasteiger charge is 2.05. The molecule has 0 aliphatic rings. The molecule has 4 nitrogen and oxygen atoms in total. The molecule has 5 heteroatoms. The molecular weight excluding hydrogens is 322 g/mol. The number of nitrogens with zero attached hydrogens (tertiary/aromatic N) is 2. The van der Waals surface area contributed by atoms with Crippen molar-refractivity contribution >= 4 is 29.3 Å². The zero-order valence-electron chi connectivity index (χ0n) is 14.6. The van der Waals surface area contributed by atoms with Crippen molar-refractivity contribution in [3.63, 3.8) is 0 Å². The Balaban J connectivity index is 2.08. The maximum absolute atomic E-state index is 6.36. The predicted octanol–water partition coefficient (Wildman–Crippen LogP) is 4.88. The van der Waals surface area contributed by atoms with Crippen molar-refractivity contribution in [1.29, 1.82) is 0 Å². The molecule has 0 heterocycles. The largest absolute Gasteiger partial charge is 0.497 e. The van der Waals surface area contributed by atoms with Crippen LogP contribution >= 0.6 is 11.6 Å².